The Labute approximate surface area is 138 Å². The molecule has 1 aromatic carbocycles. The van der Waals surface area contributed by atoms with E-state index in [9.17, 15) is 0 Å². The Morgan fingerprint density at radius 2 is 1.91 bits per heavy atom. The van der Waals surface area contributed by atoms with Crippen LogP contribution in [-0.2, 0) is 29.9 Å². The normalized spacial score (nSPS) is 14.9. The van der Waals surface area contributed by atoms with Crippen LogP contribution >= 0.6 is 22.9 Å². The summed E-state index contributed by atoms with van der Waals surface area (Å²) < 4.78 is 31.6. The molecule has 0 radical (unpaired) electrons. The number of nitrogens with zero attached hydrogens (tertiary/aromatic N) is 1. The van der Waals surface area contributed by atoms with Crippen LogP contribution in [0.5, 0.6) is 0 Å². The van der Waals surface area contributed by atoms with Crippen LogP contribution in [-0.4, -0.2) is 29.0 Å². The predicted octanol–water partition coefficient (Wildman–Crippen LogP) is 3.31. The highest BCUT2D eigenvalue weighted by Crippen LogP contribution is 2.26. The van der Waals surface area contributed by atoms with E-state index in [0.29, 0.717) is 0 Å². The summed E-state index contributed by atoms with van der Waals surface area (Å²) in [6.45, 7) is 3.15. The largest absolute Gasteiger partial charge is 0.394 e. The van der Waals surface area contributed by atoms with E-state index in [1.807, 2.05) is 23.5 Å². The molecule has 1 aromatic heterocycles. The number of fused-ring (bicyclic) bond motifs is 1. The molecule has 3 rings (SSSR count). The Balaban J connectivity index is 0.000000309. The zero-order chi connectivity index (χ0) is 16.2. The molecule has 0 bridgehead atoms. The van der Waals surface area contributed by atoms with Crippen molar-refractivity contribution in [1.29, 1.82) is 0 Å². The van der Waals surface area contributed by atoms with Gasteiger partial charge in [0.15, 0.2) is 0 Å². The Bertz CT molecular complexity index is 722. The van der Waals surface area contributed by atoms with E-state index in [1.165, 1.54) is 17.5 Å². The van der Waals surface area contributed by atoms with Gasteiger partial charge in [0.1, 0.15) is 0 Å². The van der Waals surface area contributed by atoms with Gasteiger partial charge in [0.2, 0.25) is 0 Å². The third-order valence-electron chi connectivity index (χ3n) is 3.24. The molecular weight excluding hydrogens is 346 g/mol. The molecule has 0 spiro atoms. The molecule has 0 unspecified atom stereocenters. The second-order valence-corrected chi connectivity index (χ2v) is 7.17. The summed E-state index contributed by atoms with van der Waals surface area (Å²) in [5, 5.41) is 3.08. The van der Waals surface area contributed by atoms with Crippen LogP contribution < -0.4 is 0 Å². The van der Waals surface area contributed by atoms with E-state index in [1.54, 1.807) is 4.88 Å². The van der Waals surface area contributed by atoms with Crippen LogP contribution in [0, 0.1) is 0 Å². The van der Waals surface area contributed by atoms with Gasteiger partial charge < -0.3 is 0 Å². The minimum absolute atomic E-state index is 0.878. The van der Waals surface area contributed by atoms with E-state index in [0.717, 1.165) is 24.7 Å². The second kappa shape index (κ2) is 7.54. The molecule has 120 valence electrons. The summed E-state index contributed by atoms with van der Waals surface area (Å²) in [7, 11) is -4.67. The number of rotatable bonds is 2. The highest BCUT2D eigenvalue weighted by Gasteiger charge is 2.17. The van der Waals surface area contributed by atoms with Gasteiger partial charge in [0.05, 0.1) is 0 Å². The summed E-state index contributed by atoms with van der Waals surface area (Å²) in [6.07, 6.45) is 1.18. The van der Waals surface area contributed by atoms with Crippen LogP contribution in [0.25, 0.3) is 0 Å². The van der Waals surface area contributed by atoms with Crippen molar-refractivity contribution < 1.29 is 17.5 Å². The molecule has 1 aliphatic heterocycles. The Kier molecular flexibility index (Phi) is 5.96. The maximum atomic E-state index is 8.74. The fourth-order valence-electron chi connectivity index (χ4n) is 2.31. The van der Waals surface area contributed by atoms with Gasteiger partial charge in [-0.25, -0.2) is 0 Å². The van der Waals surface area contributed by atoms with Crippen molar-refractivity contribution in [1.82, 2.24) is 4.90 Å². The van der Waals surface area contributed by atoms with Gasteiger partial charge in [-0.3, -0.25) is 14.0 Å². The summed E-state index contributed by atoms with van der Waals surface area (Å²) in [4.78, 5) is 4.02. The maximum absolute atomic E-state index is 8.74. The van der Waals surface area contributed by atoms with Crippen molar-refractivity contribution >= 4 is 33.3 Å². The molecule has 0 fully saturated rings. The fraction of sp³-hybridized carbons (Fsp3) is 0.286. The Morgan fingerprint density at radius 3 is 2.59 bits per heavy atom. The molecule has 1 aliphatic rings. The number of hydrogen-bond donors (Lipinski definition) is 2. The van der Waals surface area contributed by atoms with Crippen molar-refractivity contribution in [3.05, 3.63) is 56.7 Å². The summed E-state index contributed by atoms with van der Waals surface area (Å²) >= 11 is 8.08. The average Bonchev–Trinajstić information content (AvgIpc) is 2.87. The van der Waals surface area contributed by atoms with Crippen LogP contribution in [0.4, 0.5) is 0 Å². The minimum atomic E-state index is -4.67. The summed E-state index contributed by atoms with van der Waals surface area (Å²) in [6, 6.07) is 10.4. The van der Waals surface area contributed by atoms with E-state index in [4.69, 9.17) is 29.1 Å². The van der Waals surface area contributed by atoms with Gasteiger partial charge in [-0.1, -0.05) is 29.8 Å². The van der Waals surface area contributed by atoms with Gasteiger partial charge in [-0.2, -0.15) is 8.42 Å². The standard InChI is InChI=1S/C14H14ClNS.H2O4S/c15-13-4-2-1-3-11(13)9-16-7-5-14-12(10-16)6-8-17-14;1-5(2,3)4/h1-4,6,8H,5,7,9-10H2;(H2,1,2,3,4). The summed E-state index contributed by atoms with van der Waals surface area (Å²) in [5.41, 5.74) is 2.72. The first-order valence-corrected chi connectivity index (χ1v) is 9.19. The molecule has 0 saturated heterocycles. The van der Waals surface area contributed by atoms with Gasteiger partial charge >= 0.3 is 10.4 Å². The highest BCUT2D eigenvalue weighted by molar-refractivity contribution is 7.79. The lowest BCUT2D eigenvalue weighted by atomic mass is 10.1. The first-order chi connectivity index (χ1) is 10.3. The van der Waals surface area contributed by atoms with E-state index in [-0.39, 0.29) is 0 Å². The molecule has 0 amide bonds. The quantitative estimate of drug-likeness (QED) is 0.802. The monoisotopic (exact) mass is 361 g/mol. The SMILES string of the molecule is Clc1ccccc1CN1CCc2sccc2C1.O=S(=O)(O)O. The predicted molar refractivity (Wildman–Crippen MR) is 87.8 cm³/mol. The Morgan fingerprint density at radius 1 is 1.23 bits per heavy atom. The minimum Gasteiger partial charge on any atom is -0.294 e. The lowest BCUT2D eigenvalue weighted by Crippen LogP contribution is -2.29. The van der Waals surface area contributed by atoms with Crippen LogP contribution in [0.2, 0.25) is 5.02 Å². The van der Waals surface area contributed by atoms with Crippen LogP contribution in [0.15, 0.2) is 35.7 Å². The Hall–Kier alpha value is -0.960. The lowest BCUT2D eigenvalue weighted by Gasteiger charge is -2.27. The molecular formula is C14H16ClNO4S2. The molecule has 0 saturated carbocycles. The third kappa shape index (κ3) is 5.68. The fourth-order valence-corrected chi connectivity index (χ4v) is 3.39. The van der Waals surface area contributed by atoms with E-state index in [2.05, 4.69) is 28.5 Å². The van der Waals surface area contributed by atoms with E-state index >= 15 is 0 Å². The molecule has 2 heterocycles. The smallest absolute Gasteiger partial charge is 0.294 e. The van der Waals surface area contributed by atoms with Crippen molar-refractivity contribution in [2.24, 2.45) is 0 Å². The third-order valence-corrected chi connectivity index (χ3v) is 4.63. The van der Waals surface area contributed by atoms with Crippen LogP contribution in [0.1, 0.15) is 16.0 Å². The molecule has 2 N–H and O–H groups in total. The highest BCUT2D eigenvalue weighted by atomic mass is 35.5. The van der Waals surface area contributed by atoms with E-state index < -0.39 is 10.4 Å². The van der Waals surface area contributed by atoms with Gasteiger partial charge in [-0.05, 0) is 35.1 Å². The molecule has 2 aromatic rings. The number of thiophene rings is 1. The maximum Gasteiger partial charge on any atom is 0.394 e. The lowest BCUT2D eigenvalue weighted by molar-refractivity contribution is 0.247. The van der Waals surface area contributed by atoms with Gasteiger partial charge in [0, 0.05) is 29.5 Å². The molecule has 5 nitrogen and oxygen atoms in total. The first-order valence-electron chi connectivity index (χ1n) is 6.54. The topological polar surface area (TPSA) is 77.8 Å². The van der Waals surface area contributed by atoms with Crippen molar-refractivity contribution in [3.8, 4) is 0 Å². The van der Waals surface area contributed by atoms with Gasteiger partial charge in [0.25, 0.3) is 0 Å². The molecule has 8 heteroatoms. The number of benzene rings is 1. The second-order valence-electron chi connectivity index (χ2n) is 4.87. The summed E-state index contributed by atoms with van der Waals surface area (Å²) in [5.74, 6) is 0. The van der Waals surface area contributed by atoms with Crippen molar-refractivity contribution in [2.45, 2.75) is 19.5 Å². The van der Waals surface area contributed by atoms with Crippen LogP contribution in [0.3, 0.4) is 0 Å². The van der Waals surface area contributed by atoms with Gasteiger partial charge in [-0.15, -0.1) is 11.3 Å². The zero-order valence-corrected chi connectivity index (χ0v) is 14.0. The van der Waals surface area contributed by atoms with Crippen molar-refractivity contribution in [2.75, 3.05) is 6.54 Å². The first kappa shape index (κ1) is 17.4. The molecule has 0 atom stereocenters. The molecule has 22 heavy (non-hydrogen) atoms. The zero-order valence-electron chi connectivity index (χ0n) is 11.6. The molecule has 0 aliphatic carbocycles. The van der Waals surface area contributed by atoms with Crippen molar-refractivity contribution in [3.63, 3.8) is 0 Å². The number of hydrogen-bond acceptors (Lipinski definition) is 4. The average molecular weight is 362 g/mol. The number of halogens is 1.